The van der Waals surface area contributed by atoms with Gasteiger partial charge in [0, 0.05) is 28.4 Å². The zero-order valence-electron chi connectivity index (χ0n) is 11.8. The number of fused-ring (bicyclic) bond motifs is 2. The molecule has 0 radical (unpaired) electrons. The first-order valence-electron chi connectivity index (χ1n) is 6.89. The van der Waals surface area contributed by atoms with E-state index >= 15 is 0 Å². The minimum atomic E-state index is -0.200. The fourth-order valence-corrected chi connectivity index (χ4v) is 3.21. The average molecular weight is 313 g/mol. The van der Waals surface area contributed by atoms with Gasteiger partial charge in [0.05, 0.1) is 11.3 Å². The summed E-state index contributed by atoms with van der Waals surface area (Å²) in [5.41, 5.74) is 7.16. The number of carbonyl (C=O) groups excluding carboxylic acids is 2. The van der Waals surface area contributed by atoms with Gasteiger partial charge in [-0.1, -0.05) is 23.9 Å². The van der Waals surface area contributed by atoms with E-state index in [1.165, 1.54) is 11.8 Å². The third kappa shape index (κ3) is 2.84. The van der Waals surface area contributed by atoms with Gasteiger partial charge in [-0.05, 0) is 30.3 Å². The molecule has 3 rings (SSSR count). The Labute approximate surface area is 132 Å². The van der Waals surface area contributed by atoms with Crippen LogP contribution in [0.3, 0.4) is 0 Å². The van der Waals surface area contributed by atoms with Gasteiger partial charge < -0.3 is 16.4 Å². The van der Waals surface area contributed by atoms with E-state index in [1.54, 1.807) is 18.2 Å². The maximum absolute atomic E-state index is 12.3. The Kier molecular flexibility index (Phi) is 4.13. The van der Waals surface area contributed by atoms with E-state index < -0.39 is 0 Å². The molecule has 4 N–H and O–H groups in total. The quantitative estimate of drug-likeness (QED) is 0.810. The van der Waals surface area contributed by atoms with Crippen molar-refractivity contribution in [1.29, 1.82) is 0 Å². The van der Waals surface area contributed by atoms with Crippen molar-refractivity contribution in [3.8, 4) is 0 Å². The SMILES string of the molecule is NCCNC(=O)c1ccc2c(c1)NC(=O)c1ccccc1S2. The van der Waals surface area contributed by atoms with Gasteiger partial charge in [-0.3, -0.25) is 9.59 Å². The standard InChI is InChI=1S/C16H15N3O2S/c17-7-8-18-15(20)10-5-6-14-12(9-10)19-16(21)11-3-1-2-4-13(11)22-14/h1-6,9H,7-8,17H2,(H,18,20)(H,19,21). The van der Waals surface area contributed by atoms with Crippen molar-refractivity contribution in [2.45, 2.75) is 9.79 Å². The van der Waals surface area contributed by atoms with Crippen LogP contribution < -0.4 is 16.4 Å². The molecule has 0 atom stereocenters. The molecule has 0 unspecified atom stereocenters. The van der Waals surface area contributed by atoms with Crippen molar-refractivity contribution in [2.75, 3.05) is 18.4 Å². The highest BCUT2D eigenvalue weighted by Crippen LogP contribution is 2.38. The molecule has 0 aliphatic carbocycles. The molecule has 1 aliphatic heterocycles. The summed E-state index contributed by atoms with van der Waals surface area (Å²) in [7, 11) is 0. The van der Waals surface area contributed by atoms with Gasteiger partial charge >= 0.3 is 0 Å². The van der Waals surface area contributed by atoms with Crippen molar-refractivity contribution in [3.05, 3.63) is 53.6 Å². The largest absolute Gasteiger partial charge is 0.351 e. The Morgan fingerprint density at radius 1 is 1.18 bits per heavy atom. The van der Waals surface area contributed by atoms with Gasteiger partial charge in [-0.15, -0.1) is 0 Å². The molecule has 112 valence electrons. The summed E-state index contributed by atoms with van der Waals surface area (Å²) in [6, 6.07) is 12.7. The molecule has 2 amide bonds. The van der Waals surface area contributed by atoms with Gasteiger partial charge in [-0.25, -0.2) is 0 Å². The Morgan fingerprint density at radius 2 is 2.00 bits per heavy atom. The lowest BCUT2D eigenvalue weighted by molar-refractivity contribution is 0.0953. The highest BCUT2D eigenvalue weighted by molar-refractivity contribution is 7.99. The molecule has 0 saturated carbocycles. The van der Waals surface area contributed by atoms with E-state index in [1.807, 2.05) is 24.3 Å². The molecule has 0 aromatic heterocycles. The second-order valence-electron chi connectivity index (χ2n) is 4.81. The lowest BCUT2D eigenvalue weighted by Gasteiger charge is -2.09. The summed E-state index contributed by atoms with van der Waals surface area (Å²) in [5.74, 6) is -0.365. The lowest BCUT2D eigenvalue weighted by atomic mass is 10.1. The Hall–Kier alpha value is -2.31. The Balaban J connectivity index is 1.93. The summed E-state index contributed by atoms with van der Waals surface area (Å²) in [6.07, 6.45) is 0. The molecule has 0 saturated heterocycles. The Bertz CT molecular complexity index is 746. The zero-order chi connectivity index (χ0) is 15.5. The average Bonchev–Trinajstić information content (AvgIpc) is 2.68. The van der Waals surface area contributed by atoms with Crippen molar-refractivity contribution in [2.24, 2.45) is 5.73 Å². The zero-order valence-corrected chi connectivity index (χ0v) is 12.6. The summed E-state index contributed by atoms with van der Waals surface area (Å²) < 4.78 is 0. The minimum absolute atomic E-state index is 0.165. The molecule has 0 fully saturated rings. The van der Waals surface area contributed by atoms with Crippen LogP contribution in [0.25, 0.3) is 0 Å². The molecule has 5 nitrogen and oxygen atoms in total. The molecule has 0 spiro atoms. The third-order valence-electron chi connectivity index (χ3n) is 3.27. The van der Waals surface area contributed by atoms with Crippen molar-refractivity contribution >= 4 is 29.3 Å². The van der Waals surface area contributed by atoms with Crippen molar-refractivity contribution in [1.82, 2.24) is 5.32 Å². The number of anilines is 1. The van der Waals surface area contributed by atoms with Crippen LogP contribution in [0.2, 0.25) is 0 Å². The van der Waals surface area contributed by atoms with E-state index in [-0.39, 0.29) is 11.8 Å². The number of hydrogen-bond donors (Lipinski definition) is 3. The van der Waals surface area contributed by atoms with Crippen LogP contribution in [0.4, 0.5) is 5.69 Å². The molecule has 22 heavy (non-hydrogen) atoms. The number of rotatable bonds is 3. The minimum Gasteiger partial charge on any atom is -0.351 e. The highest BCUT2D eigenvalue weighted by Gasteiger charge is 2.20. The molecular weight excluding hydrogens is 298 g/mol. The fraction of sp³-hybridized carbons (Fsp3) is 0.125. The second-order valence-corrected chi connectivity index (χ2v) is 5.89. The topological polar surface area (TPSA) is 84.2 Å². The van der Waals surface area contributed by atoms with Crippen molar-refractivity contribution in [3.63, 3.8) is 0 Å². The smallest absolute Gasteiger partial charge is 0.256 e. The van der Waals surface area contributed by atoms with Crippen LogP contribution >= 0.6 is 11.8 Å². The third-order valence-corrected chi connectivity index (χ3v) is 4.42. The maximum atomic E-state index is 12.3. The molecule has 6 heteroatoms. The lowest BCUT2D eigenvalue weighted by Crippen LogP contribution is -2.29. The molecular formula is C16H15N3O2S. The van der Waals surface area contributed by atoms with Crippen LogP contribution in [-0.2, 0) is 0 Å². The Morgan fingerprint density at radius 3 is 2.82 bits per heavy atom. The molecule has 1 aliphatic rings. The monoisotopic (exact) mass is 313 g/mol. The van der Waals surface area contributed by atoms with Crippen LogP contribution in [0.5, 0.6) is 0 Å². The second kappa shape index (κ2) is 6.21. The van der Waals surface area contributed by atoms with E-state index in [9.17, 15) is 9.59 Å². The summed E-state index contributed by atoms with van der Waals surface area (Å²) in [5, 5.41) is 5.58. The van der Waals surface area contributed by atoms with E-state index in [0.717, 1.165) is 9.79 Å². The van der Waals surface area contributed by atoms with E-state index in [0.29, 0.717) is 29.9 Å². The number of nitrogens with two attached hydrogens (primary N) is 1. The van der Waals surface area contributed by atoms with E-state index in [4.69, 9.17) is 5.73 Å². The van der Waals surface area contributed by atoms with Crippen LogP contribution in [0.15, 0.2) is 52.3 Å². The molecule has 0 bridgehead atoms. The van der Waals surface area contributed by atoms with Gasteiger partial charge in [-0.2, -0.15) is 0 Å². The normalized spacial score (nSPS) is 12.7. The molecule has 2 aromatic rings. The fourth-order valence-electron chi connectivity index (χ4n) is 2.20. The predicted octanol–water partition coefficient (Wildman–Crippen LogP) is 2.09. The summed E-state index contributed by atoms with van der Waals surface area (Å²) in [6.45, 7) is 0.807. The van der Waals surface area contributed by atoms with Crippen LogP contribution in [0, 0.1) is 0 Å². The first-order valence-corrected chi connectivity index (χ1v) is 7.71. The van der Waals surface area contributed by atoms with Gasteiger partial charge in [0.15, 0.2) is 0 Å². The van der Waals surface area contributed by atoms with E-state index in [2.05, 4.69) is 10.6 Å². The van der Waals surface area contributed by atoms with Gasteiger partial charge in [0.2, 0.25) is 0 Å². The summed E-state index contributed by atoms with van der Waals surface area (Å²) >= 11 is 1.51. The van der Waals surface area contributed by atoms with Crippen LogP contribution in [-0.4, -0.2) is 24.9 Å². The highest BCUT2D eigenvalue weighted by atomic mass is 32.2. The van der Waals surface area contributed by atoms with Crippen molar-refractivity contribution < 1.29 is 9.59 Å². The number of nitrogens with one attached hydrogen (secondary N) is 2. The predicted molar refractivity (Wildman–Crippen MR) is 86.3 cm³/mol. The van der Waals surface area contributed by atoms with Gasteiger partial charge in [0.25, 0.3) is 11.8 Å². The first kappa shape index (κ1) is 14.6. The van der Waals surface area contributed by atoms with Crippen LogP contribution in [0.1, 0.15) is 20.7 Å². The number of hydrogen-bond acceptors (Lipinski definition) is 4. The number of carbonyl (C=O) groups is 2. The molecule has 1 heterocycles. The first-order chi connectivity index (χ1) is 10.7. The summed E-state index contributed by atoms with van der Waals surface area (Å²) in [4.78, 5) is 26.1. The molecule has 2 aromatic carbocycles. The number of amides is 2. The maximum Gasteiger partial charge on any atom is 0.256 e. The van der Waals surface area contributed by atoms with Gasteiger partial charge in [0.1, 0.15) is 0 Å². The number of benzene rings is 2.